The molecule has 0 aromatic heterocycles. The Hall–Kier alpha value is -3.26. The second-order valence-electron chi connectivity index (χ2n) is 4.91. The molecule has 24 heavy (non-hydrogen) atoms. The molecule has 0 unspecified atom stereocenters. The normalized spacial score (nSPS) is 10.2. The van der Waals surface area contributed by atoms with Crippen molar-refractivity contribution in [1.82, 2.24) is 5.32 Å². The van der Waals surface area contributed by atoms with Crippen LogP contribution in [0.1, 0.15) is 16.7 Å². The third-order valence-corrected chi connectivity index (χ3v) is 3.24. The van der Waals surface area contributed by atoms with Crippen LogP contribution in [0.15, 0.2) is 54.6 Å². The number of nitriles is 1. The van der Waals surface area contributed by atoms with E-state index in [2.05, 4.69) is 11.4 Å². The van der Waals surface area contributed by atoms with Gasteiger partial charge in [0.25, 0.3) is 0 Å². The Morgan fingerprint density at radius 2 is 2.04 bits per heavy atom. The zero-order valence-electron chi connectivity index (χ0n) is 13.4. The number of nitrogens with one attached hydrogen (secondary N) is 1. The lowest BCUT2D eigenvalue weighted by molar-refractivity contribution is 0.141. The van der Waals surface area contributed by atoms with Crippen molar-refractivity contribution in [3.05, 3.63) is 71.3 Å². The maximum atomic E-state index is 11.6. The van der Waals surface area contributed by atoms with Gasteiger partial charge in [-0.1, -0.05) is 42.5 Å². The Morgan fingerprint density at radius 3 is 2.75 bits per heavy atom. The number of methoxy groups -OCH3 is 1. The van der Waals surface area contributed by atoms with Gasteiger partial charge in [-0.3, -0.25) is 0 Å². The molecule has 0 fully saturated rings. The van der Waals surface area contributed by atoms with Crippen molar-refractivity contribution in [2.24, 2.45) is 0 Å². The third-order valence-electron chi connectivity index (χ3n) is 3.24. The lowest BCUT2D eigenvalue weighted by Crippen LogP contribution is -2.24. The van der Waals surface area contributed by atoms with Gasteiger partial charge in [-0.2, -0.15) is 5.26 Å². The minimum absolute atomic E-state index is 0.236. The number of ether oxygens (including phenoxy) is 2. The van der Waals surface area contributed by atoms with E-state index >= 15 is 0 Å². The number of hydrogen-bond acceptors (Lipinski definition) is 4. The van der Waals surface area contributed by atoms with Crippen LogP contribution in [0.3, 0.4) is 0 Å². The van der Waals surface area contributed by atoms with E-state index in [0.717, 1.165) is 11.1 Å². The van der Waals surface area contributed by atoms with Gasteiger partial charge in [0, 0.05) is 12.1 Å². The molecule has 0 heterocycles. The van der Waals surface area contributed by atoms with E-state index in [1.165, 1.54) is 0 Å². The number of nitrogens with zero attached hydrogens (tertiary/aromatic N) is 1. The van der Waals surface area contributed by atoms with Crippen molar-refractivity contribution in [3.63, 3.8) is 0 Å². The Morgan fingerprint density at radius 1 is 1.25 bits per heavy atom. The first kappa shape index (κ1) is 17.1. The highest BCUT2D eigenvalue weighted by Gasteiger charge is 2.02. The van der Waals surface area contributed by atoms with Gasteiger partial charge in [0.2, 0.25) is 0 Å². The molecule has 5 heteroatoms. The highest BCUT2D eigenvalue weighted by molar-refractivity contribution is 5.68. The Labute approximate surface area is 141 Å². The monoisotopic (exact) mass is 322 g/mol. The second kappa shape index (κ2) is 9.01. The van der Waals surface area contributed by atoms with Gasteiger partial charge in [0.05, 0.1) is 18.7 Å². The quantitative estimate of drug-likeness (QED) is 0.883. The first-order chi connectivity index (χ1) is 11.7. The molecule has 0 bridgehead atoms. The molecule has 1 amide bonds. The van der Waals surface area contributed by atoms with E-state index < -0.39 is 6.09 Å². The average Bonchev–Trinajstić information content (AvgIpc) is 2.64. The van der Waals surface area contributed by atoms with Gasteiger partial charge in [-0.25, -0.2) is 4.79 Å². The fourth-order valence-electron chi connectivity index (χ4n) is 2.02. The zero-order chi connectivity index (χ0) is 17.2. The molecule has 2 aromatic rings. The van der Waals surface area contributed by atoms with Crippen molar-refractivity contribution < 1.29 is 14.3 Å². The molecule has 5 nitrogen and oxygen atoms in total. The predicted octanol–water partition coefficient (Wildman–Crippen LogP) is 3.51. The molecule has 0 radical (unpaired) electrons. The minimum atomic E-state index is -0.477. The molecule has 122 valence electrons. The summed E-state index contributed by atoms with van der Waals surface area (Å²) in [6.07, 6.45) is 3.13. The summed E-state index contributed by atoms with van der Waals surface area (Å²) in [5.41, 5.74) is 2.30. The number of carbonyl (C=O) groups excluding carboxylic acids is 1. The van der Waals surface area contributed by atoms with Gasteiger partial charge in [0.15, 0.2) is 0 Å². The molecule has 2 rings (SSSR count). The van der Waals surface area contributed by atoms with Crippen molar-refractivity contribution in [1.29, 1.82) is 5.26 Å². The van der Waals surface area contributed by atoms with Crippen LogP contribution in [0.25, 0.3) is 6.08 Å². The topological polar surface area (TPSA) is 71.3 Å². The van der Waals surface area contributed by atoms with Crippen LogP contribution >= 0.6 is 0 Å². The van der Waals surface area contributed by atoms with Crippen molar-refractivity contribution >= 4 is 12.2 Å². The van der Waals surface area contributed by atoms with Crippen LogP contribution in [0.4, 0.5) is 4.79 Å². The second-order valence-corrected chi connectivity index (χ2v) is 4.91. The highest BCUT2D eigenvalue weighted by atomic mass is 16.5. The first-order valence-electron chi connectivity index (χ1n) is 7.42. The summed E-state index contributed by atoms with van der Waals surface area (Å²) in [5.74, 6) is 0.608. The van der Waals surface area contributed by atoms with Crippen molar-refractivity contribution in [2.45, 2.75) is 6.61 Å². The molecule has 0 atom stereocenters. The standard InChI is InChI=1S/C19H18N2O3/c1-23-18-12-16(13-20)9-10-17(18)8-5-11-21-19(22)24-14-15-6-3-2-4-7-15/h2-10,12H,11,14H2,1H3,(H,21,22). The van der Waals surface area contributed by atoms with Crippen LogP contribution in [0.5, 0.6) is 5.75 Å². The summed E-state index contributed by atoms with van der Waals surface area (Å²) < 4.78 is 10.3. The number of benzene rings is 2. The van der Waals surface area contributed by atoms with Gasteiger partial charge in [-0.15, -0.1) is 0 Å². The van der Waals surface area contributed by atoms with Crippen LogP contribution < -0.4 is 10.1 Å². The minimum Gasteiger partial charge on any atom is -0.496 e. The summed E-state index contributed by atoms with van der Waals surface area (Å²) in [4.78, 5) is 11.6. The molecule has 0 aliphatic heterocycles. The zero-order valence-corrected chi connectivity index (χ0v) is 13.4. The first-order valence-corrected chi connectivity index (χ1v) is 7.42. The summed E-state index contributed by atoms with van der Waals surface area (Å²) in [6, 6.07) is 16.7. The highest BCUT2D eigenvalue weighted by Crippen LogP contribution is 2.21. The molecule has 1 N–H and O–H groups in total. The largest absolute Gasteiger partial charge is 0.496 e. The van der Waals surface area contributed by atoms with Crippen LogP contribution in [-0.2, 0) is 11.3 Å². The molecular formula is C19H18N2O3. The smallest absolute Gasteiger partial charge is 0.407 e. The average molecular weight is 322 g/mol. The van der Waals surface area contributed by atoms with E-state index in [0.29, 0.717) is 17.9 Å². The number of carbonyl (C=O) groups is 1. The van der Waals surface area contributed by atoms with E-state index in [-0.39, 0.29) is 6.61 Å². The van der Waals surface area contributed by atoms with E-state index in [9.17, 15) is 4.79 Å². The van der Waals surface area contributed by atoms with Crippen LogP contribution in [0.2, 0.25) is 0 Å². The summed E-state index contributed by atoms with van der Waals surface area (Å²) in [5, 5.41) is 11.5. The van der Waals surface area contributed by atoms with Crippen LogP contribution in [0, 0.1) is 11.3 Å². The van der Waals surface area contributed by atoms with E-state index in [1.807, 2.05) is 36.4 Å². The third kappa shape index (κ3) is 5.18. The maximum Gasteiger partial charge on any atom is 0.407 e. The molecule has 0 aliphatic carbocycles. The van der Waals surface area contributed by atoms with Gasteiger partial charge in [-0.05, 0) is 23.8 Å². The fraction of sp³-hybridized carbons (Fsp3) is 0.158. The summed E-state index contributed by atoms with van der Waals surface area (Å²) in [7, 11) is 1.55. The summed E-state index contributed by atoms with van der Waals surface area (Å²) >= 11 is 0. The number of rotatable bonds is 6. The number of amides is 1. The molecule has 0 aliphatic rings. The Balaban J connectivity index is 1.80. The Kier molecular flexibility index (Phi) is 6.42. The molecule has 0 spiro atoms. The van der Waals surface area contributed by atoms with Gasteiger partial charge < -0.3 is 14.8 Å². The Bertz CT molecular complexity index is 749. The van der Waals surface area contributed by atoms with E-state index in [1.54, 1.807) is 31.4 Å². The lowest BCUT2D eigenvalue weighted by Gasteiger charge is -2.06. The lowest BCUT2D eigenvalue weighted by atomic mass is 10.1. The summed E-state index contributed by atoms with van der Waals surface area (Å²) in [6.45, 7) is 0.566. The molecule has 2 aromatic carbocycles. The fourth-order valence-corrected chi connectivity index (χ4v) is 2.02. The SMILES string of the molecule is COc1cc(C#N)ccc1C=CCNC(=O)OCc1ccccc1. The van der Waals surface area contributed by atoms with E-state index in [4.69, 9.17) is 14.7 Å². The van der Waals surface area contributed by atoms with Crippen molar-refractivity contribution in [3.8, 4) is 11.8 Å². The van der Waals surface area contributed by atoms with Gasteiger partial charge >= 0.3 is 6.09 Å². The van der Waals surface area contributed by atoms with Crippen molar-refractivity contribution in [2.75, 3.05) is 13.7 Å². The molecular weight excluding hydrogens is 304 g/mol. The molecule has 0 saturated carbocycles. The number of alkyl carbamates (subject to hydrolysis) is 1. The number of hydrogen-bond donors (Lipinski definition) is 1. The maximum absolute atomic E-state index is 11.6. The van der Waals surface area contributed by atoms with Crippen LogP contribution in [-0.4, -0.2) is 19.7 Å². The molecule has 0 saturated heterocycles. The van der Waals surface area contributed by atoms with Gasteiger partial charge in [0.1, 0.15) is 12.4 Å². The predicted molar refractivity (Wildman–Crippen MR) is 91.4 cm³/mol.